The van der Waals surface area contributed by atoms with Crippen molar-refractivity contribution in [2.75, 3.05) is 23.3 Å². The van der Waals surface area contributed by atoms with Crippen molar-refractivity contribution < 1.29 is 9.59 Å². The van der Waals surface area contributed by atoms with Crippen LogP contribution in [0.4, 0.5) is 16.2 Å². The van der Waals surface area contributed by atoms with Gasteiger partial charge in [0.2, 0.25) is 0 Å². The van der Waals surface area contributed by atoms with Crippen LogP contribution in [-0.4, -0.2) is 29.9 Å². The zero-order valence-corrected chi connectivity index (χ0v) is 17.9. The summed E-state index contributed by atoms with van der Waals surface area (Å²) < 4.78 is 0. The molecule has 5 heteroatoms. The van der Waals surface area contributed by atoms with E-state index in [0.717, 1.165) is 29.8 Å². The van der Waals surface area contributed by atoms with Crippen molar-refractivity contribution in [2.45, 2.75) is 26.3 Å². The zero-order valence-electron chi connectivity index (χ0n) is 17.9. The molecule has 1 fully saturated rings. The number of nitrogens with zero attached hydrogens (tertiary/aromatic N) is 2. The van der Waals surface area contributed by atoms with Gasteiger partial charge in [0.1, 0.15) is 0 Å². The molecule has 1 aliphatic heterocycles. The summed E-state index contributed by atoms with van der Waals surface area (Å²) in [6.45, 7) is 5.42. The standard InChI is InChI=1S/C26H27N3O2/c1-19-9-6-7-12-24(19)25(30)27-22-13-15-23(16-14-22)29-18-8-17-28(26(29)31)20(2)21-10-4-3-5-11-21/h3-7,9-16,20H,8,17-18H2,1-2H3,(H,27,30)/t20-/m1/s1. The van der Waals surface area contributed by atoms with Crippen LogP contribution >= 0.6 is 0 Å². The molecule has 158 valence electrons. The summed E-state index contributed by atoms with van der Waals surface area (Å²) in [6, 6.07) is 25.1. The van der Waals surface area contributed by atoms with Gasteiger partial charge in [-0.05, 0) is 61.7 Å². The maximum Gasteiger partial charge on any atom is 0.324 e. The van der Waals surface area contributed by atoms with Gasteiger partial charge in [-0.25, -0.2) is 4.79 Å². The van der Waals surface area contributed by atoms with Gasteiger partial charge in [-0.15, -0.1) is 0 Å². The summed E-state index contributed by atoms with van der Waals surface area (Å²) in [5.41, 5.74) is 4.26. The number of carbonyl (C=O) groups is 2. The Bertz CT molecular complexity index is 1060. The number of carbonyl (C=O) groups excluding carboxylic acids is 2. The third-order valence-electron chi connectivity index (χ3n) is 5.83. The summed E-state index contributed by atoms with van der Waals surface area (Å²) in [7, 11) is 0. The van der Waals surface area contributed by atoms with Crippen LogP contribution in [0.2, 0.25) is 0 Å². The number of anilines is 2. The number of urea groups is 1. The van der Waals surface area contributed by atoms with E-state index in [-0.39, 0.29) is 18.0 Å². The van der Waals surface area contributed by atoms with Gasteiger partial charge in [0.15, 0.2) is 0 Å². The summed E-state index contributed by atoms with van der Waals surface area (Å²) >= 11 is 0. The molecule has 3 aromatic carbocycles. The molecule has 0 radical (unpaired) electrons. The monoisotopic (exact) mass is 413 g/mol. The highest BCUT2D eigenvalue weighted by Crippen LogP contribution is 2.28. The molecule has 0 aliphatic carbocycles. The SMILES string of the molecule is Cc1ccccc1C(=O)Nc1ccc(N2CCCN([C@H](C)c3ccccc3)C2=O)cc1. The highest BCUT2D eigenvalue weighted by Gasteiger charge is 2.30. The molecular weight excluding hydrogens is 386 g/mol. The zero-order chi connectivity index (χ0) is 21.8. The highest BCUT2D eigenvalue weighted by atomic mass is 16.2. The molecular formula is C26H27N3O2. The quantitative estimate of drug-likeness (QED) is 0.588. The van der Waals surface area contributed by atoms with Crippen molar-refractivity contribution in [2.24, 2.45) is 0 Å². The second-order valence-electron chi connectivity index (χ2n) is 7.88. The number of benzene rings is 3. The highest BCUT2D eigenvalue weighted by molar-refractivity contribution is 6.05. The third kappa shape index (κ3) is 4.45. The lowest BCUT2D eigenvalue weighted by Gasteiger charge is -2.39. The van der Waals surface area contributed by atoms with Crippen LogP contribution in [0.1, 0.15) is 40.9 Å². The van der Waals surface area contributed by atoms with Gasteiger partial charge in [-0.3, -0.25) is 9.69 Å². The van der Waals surface area contributed by atoms with Crippen LogP contribution in [-0.2, 0) is 0 Å². The average Bonchev–Trinajstić information content (AvgIpc) is 2.80. The van der Waals surface area contributed by atoms with E-state index in [9.17, 15) is 9.59 Å². The molecule has 0 spiro atoms. The first-order valence-corrected chi connectivity index (χ1v) is 10.6. The molecule has 0 unspecified atom stereocenters. The van der Waals surface area contributed by atoms with Crippen molar-refractivity contribution in [3.05, 3.63) is 95.6 Å². The summed E-state index contributed by atoms with van der Waals surface area (Å²) in [5.74, 6) is -0.136. The molecule has 1 N–H and O–H groups in total. The molecule has 1 heterocycles. The normalized spacial score (nSPS) is 15.0. The van der Waals surface area contributed by atoms with Crippen molar-refractivity contribution in [3.8, 4) is 0 Å². The Balaban J connectivity index is 1.46. The minimum atomic E-state index is -0.136. The van der Waals surface area contributed by atoms with Crippen molar-refractivity contribution >= 4 is 23.3 Å². The maximum absolute atomic E-state index is 13.2. The molecule has 4 rings (SSSR count). The molecule has 3 aromatic rings. The number of amides is 3. The van der Waals surface area contributed by atoms with Gasteiger partial charge in [0.05, 0.1) is 6.04 Å². The predicted octanol–water partition coefficient (Wildman–Crippen LogP) is 5.64. The minimum absolute atomic E-state index is 0.0132. The van der Waals surface area contributed by atoms with Crippen LogP contribution < -0.4 is 10.2 Å². The molecule has 1 atom stereocenters. The Kier molecular flexibility index (Phi) is 6.03. The molecule has 0 saturated carbocycles. The van der Waals surface area contributed by atoms with Crippen LogP contribution in [0.25, 0.3) is 0 Å². The van der Waals surface area contributed by atoms with Crippen LogP contribution in [0.5, 0.6) is 0 Å². The fourth-order valence-electron chi connectivity index (χ4n) is 4.01. The van der Waals surface area contributed by atoms with Gasteiger partial charge in [0, 0.05) is 30.0 Å². The molecule has 1 aliphatic rings. The van der Waals surface area contributed by atoms with Gasteiger partial charge >= 0.3 is 6.03 Å². The molecule has 0 bridgehead atoms. The first kappa shape index (κ1) is 20.7. The van der Waals surface area contributed by atoms with E-state index in [1.807, 2.05) is 83.5 Å². The molecule has 3 amide bonds. The van der Waals surface area contributed by atoms with E-state index < -0.39 is 0 Å². The Hall–Kier alpha value is -3.60. The van der Waals surface area contributed by atoms with E-state index in [4.69, 9.17) is 0 Å². The second-order valence-corrected chi connectivity index (χ2v) is 7.88. The number of aryl methyl sites for hydroxylation is 1. The number of nitrogens with one attached hydrogen (secondary N) is 1. The van der Waals surface area contributed by atoms with E-state index in [1.54, 1.807) is 0 Å². The van der Waals surface area contributed by atoms with Crippen LogP contribution in [0.3, 0.4) is 0 Å². The Morgan fingerprint density at radius 1 is 0.903 bits per heavy atom. The molecule has 31 heavy (non-hydrogen) atoms. The number of hydrogen-bond acceptors (Lipinski definition) is 2. The van der Waals surface area contributed by atoms with Crippen LogP contribution in [0.15, 0.2) is 78.9 Å². The number of hydrogen-bond donors (Lipinski definition) is 1. The van der Waals surface area contributed by atoms with Crippen molar-refractivity contribution in [3.63, 3.8) is 0 Å². The number of rotatable bonds is 5. The van der Waals surface area contributed by atoms with E-state index >= 15 is 0 Å². The Labute approximate surface area is 183 Å². The van der Waals surface area contributed by atoms with Crippen molar-refractivity contribution in [1.29, 1.82) is 0 Å². The second kappa shape index (κ2) is 9.04. The Morgan fingerprint density at radius 3 is 2.29 bits per heavy atom. The largest absolute Gasteiger partial charge is 0.324 e. The topological polar surface area (TPSA) is 52.7 Å². The van der Waals surface area contributed by atoms with Gasteiger partial charge in [0.25, 0.3) is 5.91 Å². The lowest BCUT2D eigenvalue weighted by Crippen LogP contribution is -2.50. The molecule has 5 nitrogen and oxygen atoms in total. The summed E-state index contributed by atoms with van der Waals surface area (Å²) in [5, 5.41) is 2.94. The molecule has 1 saturated heterocycles. The predicted molar refractivity (Wildman–Crippen MR) is 124 cm³/mol. The third-order valence-corrected chi connectivity index (χ3v) is 5.83. The van der Waals surface area contributed by atoms with E-state index in [2.05, 4.69) is 24.4 Å². The lowest BCUT2D eigenvalue weighted by molar-refractivity contribution is 0.102. The smallest absolute Gasteiger partial charge is 0.322 e. The molecule has 0 aromatic heterocycles. The average molecular weight is 414 g/mol. The van der Waals surface area contributed by atoms with Gasteiger partial charge in [-0.1, -0.05) is 48.5 Å². The summed E-state index contributed by atoms with van der Waals surface area (Å²) in [6.07, 6.45) is 0.911. The summed E-state index contributed by atoms with van der Waals surface area (Å²) in [4.78, 5) is 29.5. The van der Waals surface area contributed by atoms with E-state index in [0.29, 0.717) is 17.8 Å². The Morgan fingerprint density at radius 2 is 1.58 bits per heavy atom. The lowest BCUT2D eigenvalue weighted by atomic mass is 10.1. The van der Waals surface area contributed by atoms with E-state index in [1.165, 1.54) is 0 Å². The van der Waals surface area contributed by atoms with Gasteiger partial charge in [-0.2, -0.15) is 0 Å². The first-order chi connectivity index (χ1) is 15.0. The fourth-order valence-corrected chi connectivity index (χ4v) is 4.01. The minimum Gasteiger partial charge on any atom is -0.322 e. The van der Waals surface area contributed by atoms with Crippen molar-refractivity contribution in [1.82, 2.24) is 4.90 Å². The first-order valence-electron chi connectivity index (χ1n) is 10.6. The van der Waals surface area contributed by atoms with Gasteiger partial charge < -0.3 is 10.2 Å². The fraction of sp³-hybridized carbons (Fsp3) is 0.231. The maximum atomic E-state index is 13.2. The van der Waals surface area contributed by atoms with Crippen LogP contribution in [0, 0.1) is 6.92 Å².